The van der Waals surface area contributed by atoms with Crippen LogP contribution < -0.4 is 0 Å². The minimum Gasteiger partial charge on any atom is -0.390 e. The summed E-state index contributed by atoms with van der Waals surface area (Å²) in [6, 6.07) is 0. The minimum absolute atomic E-state index is 0.439. The van der Waals surface area contributed by atoms with Gasteiger partial charge in [0.1, 0.15) is 0 Å². The number of hydrogen-bond acceptors (Lipinski definition) is 3. The summed E-state index contributed by atoms with van der Waals surface area (Å²) in [6.07, 6.45) is 18.5. The van der Waals surface area contributed by atoms with Crippen LogP contribution in [0.2, 0.25) is 0 Å². The zero-order valence-electron chi connectivity index (χ0n) is 22.6. The van der Waals surface area contributed by atoms with Gasteiger partial charge in [0.25, 0.3) is 0 Å². The Morgan fingerprint density at radius 2 is 1.74 bits per heavy atom. The van der Waals surface area contributed by atoms with Crippen LogP contribution in [-0.4, -0.2) is 34.6 Å². The van der Waals surface area contributed by atoms with Crippen LogP contribution in [0.1, 0.15) is 118 Å². The Hall–Kier alpha value is -0.380. The molecule has 4 aliphatic carbocycles. The molecule has 3 saturated carbocycles. The highest BCUT2D eigenvalue weighted by molar-refractivity contribution is 5.24. The summed E-state index contributed by atoms with van der Waals surface area (Å²) in [5.41, 5.74) is 1.61. The van der Waals surface area contributed by atoms with Gasteiger partial charge in [0.15, 0.2) is 0 Å². The average molecular weight is 473 g/mol. The summed E-state index contributed by atoms with van der Waals surface area (Å²) in [4.78, 5) is 0. The zero-order chi connectivity index (χ0) is 24.2. The van der Waals surface area contributed by atoms with E-state index in [2.05, 4.69) is 33.8 Å². The highest BCUT2D eigenvalue weighted by atomic mass is 16.5. The molecule has 0 bridgehead atoms. The van der Waals surface area contributed by atoms with Crippen molar-refractivity contribution in [1.29, 1.82) is 0 Å². The molecule has 5 aliphatic rings. The molecule has 3 nitrogen and oxygen atoms in total. The Bertz CT molecular complexity index is 769. The van der Waals surface area contributed by atoms with Gasteiger partial charge in [-0.05, 0) is 117 Å². The van der Waals surface area contributed by atoms with E-state index in [1.54, 1.807) is 5.57 Å². The normalized spacial score (nSPS) is 46.7. The fourth-order valence-corrected chi connectivity index (χ4v) is 10.2. The first-order valence-corrected chi connectivity index (χ1v) is 14.8. The lowest BCUT2D eigenvalue weighted by molar-refractivity contribution is -0.0966. The SMILES string of the molecule is CC[C@]1(O)CC[C@H]2C(=CC[C@@]3(C)[C@@H]4CC[C@H]([C@H](C)CCCC5(O)CCOCC5)[C@@]4(C)CC[C@H]23)C1. The van der Waals surface area contributed by atoms with Crippen molar-refractivity contribution in [2.45, 2.75) is 129 Å². The molecule has 0 amide bonds. The third-order valence-corrected chi connectivity index (χ3v) is 12.3. The number of aliphatic hydroxyl groups is 2. The van der Waals surface area contributed by atoms with Crippen molar-refractivity contribution >= 4 is 0 Å². The van der Waals surface area contributed by atoms with Gasteiger partial charge >= 0.3 is 0 Å². The van der Waals surface area contributed by atoms with Crippen molar-refractivity contribution in [1.82, 2.24) is 0 Å². The van der Waals surface area contributed by atoms with Gasteiger partial charge in [0, 0.05) is 13.2 Å². The van der Waals surface area contributed by atoms with Crippen molar-refractivity contribution in [2.75, 3.05) is 13.2 Å². The van der Waals surface area contributed by atoms with Gasteiger partial charge in [0.2, 0.25) is 0 Å². The van der Waals surface area contributed by atoms with Crippen LogP contribution in [0.4, 0.5) is 0 Å². The fraction of sp³-hybridized carbons (Fsp3) is 0.935. The third kappa shape index (κ3) is 4.24. The summed E-state index contributed by atoms with van der Waals surface area (Å²) in [5.74, 6) is 3.98. The second-order valence-corrected chi connectivity index (χ2v) is 14.0. The van der Waals surface area contributed by atoms with E-state index >= 15 is 0 Å². The van der Waals surface area contributed by atoms with E-state index < -0.39 is 11.2 Å². The molecule has 0 aromatic carbocycles. The van der Waals surface area contributed by atoms with Crippen molar-refractivity contribution in [3.63, 3.8) is 0 Å². The van der Waals surface area contributed by atoms with Crippen molar-refractivity contribution < 1.29 is 14.9 Å². The van der Waals surface area contributed by atoms with Gasteiger partial charge in [-0.15, -0.1) is 0 Å². The lowest BCUT2D eigenvalue weighted by Gasteiger charge is -2.60. The predicted octanol–water partition coefficient (Wildman–Crippen LogP) is 7.05. The molecule has 0 spiro atoms. The molecule has 2 N–H and O–H groups in total. The second kappa shape index (κ2) is 9.18. The summed E-state index contributed by atoms with van der Waals surface area (Å²) in [5, 5.41) is 21.9. The monoisotopic (exact) mass is 472 g/mol. The van der Waals surface area contributed by atoms with E-state index in [1.807, 2.05) is 0 Å². The average Bonchev–Trinajstić information content (AvgIpc) is 3.17. The fourth-order valence-electron chi connectivity index (χ4n) is 10.2. The Morgan fingerprint density at radius 1 is 0.971 bits per heavy atom. The molecule has 0 unspecified atom stereocenters. The minimum atomic E-state index is -0.471. The van der Waals surface area contributed by atoms with E-state index in [1.165, 1.54) is 44.9 Å². The second-order valence-electron chi connectivity index (χ2n) is 14.0. The summed E-state index contributed by atoms with van der Waals surface area (Å²) >= 11 is 0. The highest BCUT2D eigenvalue weighted by Crippen LogP contribution is 2.69. The maximum Gasteiger partial charge on any atom is 0.0691 e. The number of allylic oxidation sites excluding steroid dienone is 1. The van der Waals surface area contributed by atoms with E-state index in [0.717, 1.165) is 87.7 Å². The molecule has 194 valence electrons. The maximum atomic E-state index is 11.0. The number of ether oxygens (including phenoxy) is 1. The van der Waals surface area contributed by atoms with Gasteiger partial charge in [-0.1, -0.05) is 52.2 Å². The molecular formula is C31H52O3. The molecule has 1 saturated heterocycles. The molecule has 0 radical (unpaired) electrons. The van der Waals surface area contributed by atoms with E-state index in [4.69, 9.17) is 4.74 Å². The van der Waals surface area contributed by atoms with E-state index in [-0.39, 0.29) is 0 Å². The Labute approximate surface area is 209 Å². The molecule has 5 rings (SSSR count). The number of rotatable bonds is 6. The van der Waals surface area contributed by atoms with E-state index in [9.17, 15) is 10.2 Å². The van der Waals surface area contributed by atoms with E-state index in [0.29, 0.717) is 10.8 Å². The molecule has 4 fully saturated rings. The highest BCUT2D eigenvalue weighted by Gasteiger charge is 2.61. The Morgan fingerprint density at radius 3 is 2.47 bits per heavy atom. The zero-order valence-corrected chi connectivity index (χ0v) is 22.6. The molecule has 8 atom stereocenters. The molecule has 1 heterocycles. The van der Waals surface area contributed by atoms with Gasteiger partial charge in [-0.25, -0.2) is 0 Å². The molecule has 0 aromatic heterocycles. The molecule has 34 heavy (non-hydrogen) atoms. The maximum absolute atomic E-state index is 11.0. The molecule has 0 aromatic rings. The van der Waals surface area contributed by atoms with Crippen molar-refractivity contribution in [3.8, 4) is 0 Å². The van der Waals surface area contributed by atoms with Crippen LogP contribution in [0, 0.1) is 40.4 Å². The lowest BCUT2D eigenvalue weighted by atomic mass is 9.44. The van der Waals surface area contributed by atoms with Gasteiger partial charge < -0.3 is 14.9 Å². The van der Waals surface area contributed by atoms with Crippen LogP contribution in [0.5, 0.6) is 0 Å². The topological polar surface area (TPSA) is 49.7 Å². The molecule has 1 aliphatic heterocycles. The number of fused-ring (bicyclic) bond motifs is 5. The largest absolute Gasteiger partial charge is 0.390 e. The molecule has 3 heteroatoms. The van der Waals surface area contributed by atoms with Crippen LogP contribution in [-0.2, 0) is 4.74 Å². The van der Waals surface area contributed by atoms with Crippen LogP contribution in [0.15, 0.2) is 11.6 Å². The van der Waals surface area contributed by atoms with Crippen molar-refractivity contribution in [2.24, 2.45) is 40.4 Å². The Balaban J connectivity index is 1.25. The summed E-state index contributed by atoms with van der Waals surface area (Å²) in [6.45, 7) is 11.4. The standard InChI is InChI=1S/C31H52O3/c1-5-30(32)16-11-24-23(21-30)10-14-29(4)26(24)12-15-28(3)25(8-9-27(28)29)22(2)7-6-13-31(33)17-19-34-20-18-31/h10,22,24-27,32-33H,5-9,11-21H2,1-4H3/t22-,24+,25-,26-,27-,28-,29-,30+/m1/s1. The molecular weight excluding hydrogens is 420 g/mol. The van der Waals surface area contributed by atoms with Crippen LogP contribution >= 0.6 is 0 Å². The first-order valence-electron chi connectivity index (χ1n) is 14.8. The lowest BCUT2D eigenvalue weighted by Crippen LogP contribution is -2.53. The van der Waals surface area contributed by atoms with Gasteiger partial charge in [-0.2, -0.15) is 0 Å². The number of hydrogen-bond donors (Lipinski definition) is 2. The first kappa shape index (κ1) is 25.3. The van der Waals surface area contributed by atoms with Crippen LogP contribution in [0.3, 0.4) is 0 Å². The van der Waals surface area contributed by atoms with Gasteiger partial charge in [0.05, 0.1) is 11.2 Å². The predicted molar refractivity (Wildman–Crippen MR) is 138 cm³/mol. The summed E-state index contributed by atoms with van der Waals surface area (Å²) in [7, 11) is 0. The van der Waals surface area contributed by atoms with Gasteiger partial charge in [-0.3, -0.25) is 0 Å². The Kier molecular flexibility index (Phi) is 6.82. The summed E-state index contributed by atoms with van der Waals surface area (Å²) < 4.78 is 5.47. The van der Waals surface area contributed by atoms with Crippen molar-refractivity contribution in [3.05, 3.63) is 11.6 Å². The third-order valence-electron chi connectivity index (χ3n) is 12.3. The smallest absolute Gasteiger partial charge is 0.0691 e. The quantitative estimate of drug-likeness (QED) is 0.407. The first-order chi connectivity index (χ1) is 16.1. The van der Waals surface area contributed by atoms with Crippen LogP contribution in [0.25, 0.3) is 0 Å².